The van der Waals surface area contributed by atoms with Crippen molar-refractivity contribution in [2.75, 3.05) is 0 Å². The highest BCUT2D eigenvalue weighted by Gasteiger charge is 2.56. The maximum Gasteiger partial charge on any atom is 0.168 e. The number of Topliss-reactive ketones (excluding diaryl/α,β-unsaturated/α-hetero) is 1. The van der Waals surface area contributed by atoms with Crippen LogP contribution in [0, 0.1) is 17.8 Å². The minimum atomic E-state index is 0.105. The second kappa shape index (κ2) is 4.62. The monoisotopic (exact) mass is 283 g/mol. The lowest BCUT2D eigenvalue weighted by Crippen LogP contribution is -2.08. The SMILES string of the molecule is CC(C)Oc1cccc2[nH]cc(C(=O)C3C4CCCC43)c12. The van der Waals surface area contributed by atoms with Crippen LogP contribution in [0.5, 0.6) is 5.75 Å². The Morgan fingerprint density at radius 3 is 2.76 bits per heavy atom. The molecule has 2 aliphatic carbocycles. The third-order valence-corrected chi connectivity index (χ3v) is 5.00. The predicted molar refractivity (Wildman–Crippen MR) is 82.7 cm³/mol. The summed E-state index contributed by atoms with van der Waals surface area (Å²) in [5, 5.41) is 0.959. The minimum absolute atomic E-state index is 0.105. The van der Waals surface area contributed by atoms with Gasteiger partial charge in [0.2, 0.25) is 0 Å². The molecule has 0 radical (unpaired) electrons. The smallest absolute Gasteiger partial charge is 0.168 e. The van der Waals surface area contributed by atoms with Crippen molar-refractivity contribution in [3.63, 3.8) is 0 Å². The van der Waals surface area contributed by atoms with Gasteiger partial charge in [-0.2, -0.15) is 0 Å². The van der Waals surface area contributed by atoms with Crippen LogP contribution < -0.4 is 4.74 Å². The van der Waals surface area contributed by atoms with Crippen LogP contribution in [-0.4, -0.2) is 16.9 Å². The Morgan fingerprint density at radius 2 is 2.05 bits per heavy atom. The first kappa shape index (κ1) is 12.9. The van der Waals surface area contributed by atoms with Crippen molar-refractivity contribution < 1.29 is 9.53 Å². The molecular formula is C18H21NO2. The Labute approximate surface area is 124 Å². The second-order valence-corrected chi connectivity index (χ2v) is 6.70. The molecule has 1 N–H and O–H groups in total. The normalized spacial score (nSPS) is 27.1. The van der Waals surface area contributed by atoms with E-state index in [-0.39, 0.29) is 12.0 Å². The number of carbonyl (C=O) groups excluding carboxylic acids is 1. The average Bonchev–Trinajstić information content (AvgIpc) is 2.83. The number of H-pyrrole nitrogens is 1. The van der Waals surface area contributed by atoms with Crippen LogP contribution in [0.3, 0.4) is 0 Å². The molecule has 0 spiro atoms. The molecule has 2 aromatic rings. The van der Waals surface area contributed by atoms with Gasteiger partial charge in [0.15, 0.2) is 5.78 Å². The number of benzene rings is 1. The molecule has 21 heavy (non-hydrogen) atoms. The van der Waals surface area contributed by atoms with Crippen molar-refractivity contribution in [2.24, 2.45) is 17.8 Å². The summed E-state index contributed by atoms with van der Waals surface area (Å²) >= 11 is 0. The predicted octanol–water partition coefficient (Wildman–Crippen LogP) is 4.18. The molecule has 2 unspecified atom stereocenters. The third-order valence-electron chi connectivity index (χ3n) is 5.00. The van der Waals surface area contributed by atoms with Gasteiger partial charge in [0.1, 0.15) is 5.75 Å². The highest BCUT2D eigenvalue weighted by atomic mass is 16.5. The topological polar surface area (TPSA) is 42.1 Å². The van der Waals surface area contributed by atoms with Gasteiger partial charge >= 0.3 is 0 Å². The summed E-state index contributed by atoms with van der Waals surface area (Å²) in [6, 6.07) is 5.93. The third kappa shape index (κ3) is 1.98. The van der Waals surface area contributed by atoms with Crippen molar-refractivity contribution in [2.45, 2.75) is 39.2 Å². The Kier molecular flexibility index (Phi) is 2.84. The molecule has 1 aromatic heterocycles. The highest BCUT2D eigenvalue weighted by Crippen LogP contribution is 2.59. The number of aromatic amines is 1. The molecule has 2 fully saturated rings. The van der Waals surface area contributed by atoms with Crippen molar-refractivity contribution in [3.05, 3.63) is 30.0 Å². The summed E-state index contributed by atoms with van der Waals surface area (Å²) in [4.78, 5) is 16.1. The number of ketones is 1. The zero-order valence-electron chi connectivity index (χ0n) is 12.6. The molecular weight excluding hydrogens is 262 g/mol. The first-order valence-electron chi connectivity index (χ1n) is 7.98. The van der Waals surface area contributed by atoms with Gasteiger partial charge in [0.25, 0.3) is 0 Å². The van der Waals surface area contributed by atoms with E-state index in [1.54, 1.807) is 0 Å². The van der Waals surface area contributed by atoms with E-state index in [9.17, 15) is 4.79 Å². The van der Waals surface area contributed by atoms with E-state index in [1.165, 1.54) is 19.3 Å². The van der Waals surface area contributed by atoms with Crippen molar-refractivity contribution >= 4 is 16.7 Å². The van der Waals surface area contributed by atoms with Crippen LogP contribution in [0.1, 0.15) is 43.5 Å². The summed E-state index contributed by atoms with van der Waals surface area (Å²) in [5.74, 6) is 2.71. The Morgan fingerprint density at radius 1 is 1.29 bits per heavy atom. The van der Waals surface area contributed by atoms with E-state index < -0.39 is 0 Å². The zero-order chi connectivity index (χ0) is 14.6. The van der Waals surface area contributed by atoms with Crippen LogP contribution in [0.4, 0.5) is 0 Å². The number of fused-ring (bicyclic) bond motifs is 2. The van der Waals surface area contributed by atoms with E-state index in [2.05, 4.69) is 4.98 Å². The highest BCUT2D eigenvalue weighted by molar-refractivity contribution is 6.12. The quantitative estimate of drug-likeness (QED) is 0.855. The molecule has 1 heterocycles. The summed E-state index contributed by atoms with van der Waals surface area (Å²) in [6.45, 7) is 4.02. The summed E-state index contributed by atoms with van der Waals surface area (Å²) in [6.07, 6.45) is 5.74. The number of hydrogen-bond donors (Lipinski definition) is 1. The second-order valence-electron chi connectivity index (χ2n) is 6.70. The lowest BCUT2D eigenvalue weighted by Gasteiger charge is -2.12. The summed E-state index contributed by atoms with van der Waals surface area (Å²) in [5.41, 5.74) is 1.81. The molecule has 2 saturated carbocycles. The number of hydrogen-bond acceptors (Lipinski definition) is 2. The number of aromatic nitrogens is 1. The van der Waals surface area contributed by atoms with E-state index in [4.69, 9.17) is 4.74 Å². The van der Waals surface area contributed by atoms with Gasteiger partial charge in [0, 0.05) is 23.2 Å². The zero-order valence-corrected chi connectivity index (χ0v) is 12.6. The van der Waals surface area contributed by atoms with Gasteiger partial charge in [-0.1, -0.05) is 12.5 Å². The van der Waals surface area contributed by atoms with Gasteiger partial charge in [-0.3, -0.25) is 4.79 Å². The van der Waals surface area contributed by atoms with Gasteiger partial charge in [-0.05, 0) is 50.7 Å². The maximum absolute atomic E-state index is 12.9. The van der Waals surface area contributed by atoms with E-state index in [1.807, 2.05) is 38.2 Å². The Bertz CT molecular complexity index is 690. The number of ether oxygens (including phenoxy) is 1. The maximum atomic E-state index is 12.9. The molecule has 0 aliphatic heterocycles. The molecule has 4 rings (SSSR count). The lowest BCUT2D eigenvalue weighted by atomic mass is 10.0. The molecule has 3 nitrogen and oxygen atoms in total. The Hall–Kier alpha value is -1.77. The molecule has 2 atom stereocenters. The van der Waals surface area contributed by atoms with Gasteiger partial charge < -0.3 is 9.72 Å². The summed E-state index contributed by atoms with van der Waals surface area (Å²) < 4.78 is 5.90. The molecule has 110 valence electrons. The first-order valence-corrected chi connectivity index (χ1v) is 7.98. The van der Waals surface area contributed by atoms with Gasteiger partial charge in [-0.15, -0.1) is 0 Å². The van der Waals surface area contributed by atoms with Crippen molar-refractivity contribution in [1.82, 2.24) is 4.98 Å². The van der Waals surface area contributed by atoms with E-state index in [0.717, 1.165) is 22.2 Å². The van der Waals surface area contributed by atoms with Gasteiger partial charge in [-0.25, -0.2) is 0 Å². The van der Waals surface area contributed by atoms with Crippen LogP contribution >= 0.6 is 0 Å². The van der Waals surface area contributed by atoms with Crippen LogP contribution in [0.15, 0.2) is 24.4 Å². The number of nitrogens with one attached hydrogen (secondary N) is 1. The molecule has 2 aliphatic rings. The largest absolute Gasteiger partial charge is 0.490 e. The van der Waals surface area contributed by atoms with E-state index in [0.29, 0.717) is 17.6 Å². The van der Waals surface area contributed by atoms with Crippen LogP contribution in [0.2, 0.25) is 0 Å². The fraction of sp³-hybridized carbons (Fsp3) is 0.500. The average molecular weight is 283 g/mol. The molecule has 1 aromatic carbocycles. The fourth-order valence-corrected chi connectivity index (χ4v) is 4.09. The summed E-state index contributed by atoms with van der Waals surface area (Å²) in [7, 11) is 0. The van der Waals surface area contributed by atoms with Crippen molar-refractivity contribution in [1.29, 1.82) is 0 Å². The van der Waals surface area contributed by atoms with Crippen LogP contribution in [-0.2, 0) is 0 Å². The molecule has 3 heteroatoms. The number of carbonyl (C=O) groups is 1. The van der Waals surface area contributed by atoms with Crippen molar-refractivity contribution in [3.8, 4) is 5.75 Å². The first-order chi connectivity index (χ1) is 10.2. The number of rotatable bonds is 4. The van der Waals surface area contributed by atoms with E-state index >= 15 is 0 Å². The molecule has 0 saturated heterocycles. The minimum Gasteiger partial charge on any atom is -0.490 e. The lowest BCUT2D eigenvalue weighted by molar-refractivity contribution is 0.0953. The fourth-order valence-electron chi connectivity index (χ4n) is 4.09. The standard InChI is InChI=1S/C18H21NO2/c1-10(2)21-15-8-4-7-14-17(15)13(9-19-14)18(20)16-11-5-3-6-12(11)16/h4,7-12,16,19H,3,5-6H2,1-2H3. The Balaban J connectivity index is 1.73. The van der Waals surface area contributed by atoms with Crippen LogP contribution in [0.25, 0.3) is 10.9 Å². The molecule has 0 amide bonds. The van der Waals surface area contributed by atoms with Gasteiger partial charge in [0.05, 0.1) is 11.5 Å². The molecule has 0 bridgehead atoms.